The second-order valence-electron chi connectivity index (χ2n) is 3.35. The van der Waals surface area contributed by atoms with Crippen molar-refractivity contribution in [3.63, 3.8) is 0 Å². The highest BCUT2D eigenvalue weighted by Crippen LogP contribution is 2.25. The number of methoxy groups -OCH3 is 1. The number of hydrogen-bond acceptors (Lipinski definition) is 3. The molecule has 2 aromatic rings. The van der Waals surface area contributed by atoms with Crippen molar-refractivity contribution in [3.8, 4) is 11.4 Å². The molecule has 1 aromatic carbocycles. The molecule has 0 unspecified atom stereocenters. The zero-order valence-electron chi connectivity index (χ0n) is 9.02. The number of aromatic nitrogens is 2. The van der Waals surface area contributed by atoms with E-state index in [0.29, 0.717) is 15.9 Å². The van der Waals surface area contributed by atoms with Crippen LogP contribution in [0.3, 0.4) is 0 Å². The Morgan fingerprint density at radius 3 is 2.88 bits per heavy atom. The molecule has 0 amide bonds. The summed E-state index contributed by atoms with van der Waals surface area (Å²) in [6.07, 6.45) is 1.48. The highest BCUT2D eigenvalue weighted by molar-refractivity contribution is 9.10. The molecule has 0 saturated carbocycles. The third-order valence-corrected chi connectivity index (χ3v) is 3.18. The Labute approximate surface area is 106 Å². The summed E-state index contributed by atoms with van der Waals surface area (Å²) < 4.78 is 20.6. The molecule has 1 heterocycles. The quantitative estimate of drug-likeness (QED) is 0.946. The summed E-state index contributed by atoms with van der Waals surface area (Å²) in [6.45, 7) is -0.161. The molecule has 0 aliphatic rings. The second-order valence-corrected chi connectivity index (χ2v) is 4.10. The Balaban J connectivity index is 2.55. The van der Waals surface area contributed by atoms with Gasteiger partial charge >= 0.3 is 0 Å². The van der Waals surface area contributed by atoms with E-state index in [1.807, 2.05) is 0 Å². The van der Waals surface area contributed by atoms with E-state index in [4.69, 9.17) is 9.84 Å². The van der Waals surface area contributed by atoms with Gasteiger partial charge in [-0.3, -0.25) is 0 Å². The lowest BCUT2D eigenvalue weighted by molar-refractivity contribution is 0.281. The van der Waals surface area contributed by atoms with Crippen LogP contribution in [0.25, 0.3) is 5.69 Å². The molecule has 0 atom stereocenters. The average Bonchev–Trinajstić information content (AvgIpc) is 2.71. The first kappa shape index (κ1) is 12.1. The Morgan fingerprint density at radius 1 is 1.53 bits per heavy atom. The zero-order valence-corrected chi connectivity index (χ0v) is 10.6. The molecule has 0 spiro atoms. The first-order valence-corrected chi connectivity index (χ1v) is 5.64. The van der Waals surface area contributed by atoms with Crippen LogP contribution < -0.4 is 4.74 Å². The van der Waals surface area contributed by atoms with Gasteiger partial charge in [0.2, 0.25) is 0 Å². The number of aliphatic hydroxyl groups is 1. The van der Waals surface area contributed by atoms with Crippen molar-refractivity contribution in [3.05, 3.63) is 40.4 Å². The van der Waals surface area contributed by atoms with Crippen LogP contribution >= 0.6 is 15.9 Å². The fourth-order valence-corrected chi connectivity index (χ4v) is 1.93. The lowest BCUT2D eigenvalue weighted by Gasteiger charge is -2.07. The van der Waals surface area contributed by atoms with E-state index in [9.17, 15) is 4.39 Å². The molecular formula is C11H10BrFN2O2. The predicted molar refractivity (Wildman–Crippen MR) is 63.7 cm³/mol. The lowest BCUT2D eigenvalue weighted by atomic mass is 10.3. The summed E-state index contributed by atoms with van der Waals surface area (Å²) in [5.74, 6) is 0.119. The van der Waals surface area contributed by atoms with Crippen LogP contribution in [-0.2, 0) is 6.61 Å². The van der Waals surface area contributed by atoms with E-state index in [2.05, 4.69) is 21.0 Å². The van der Waals surface area contributed by atoms with Gasteiger partial charge in [-0.25, -0.2) is 9.07 Å². The molecule has 90 valence electrons. The first-order valence-electron chi connectivity index (χ1n) is 4.84. The van der Waals surface area contributed by atoms with E-state index >= 15 is 0 Å². The summed E-state index contributed by atoms with van der Waals surface area (Å²) in [4.78, 5) is 0. The van der Waals surface area contributed by atoms with Crippen molar-refractivity contribution in [1.29, 1.82) is 0 Å². The zero-order chi connectivity index (χ0) is 12.4. The lowest BCUT2D eigenvalue weighted by Crippen LogP contribution is -2.01. The fraction of sp³-hybridized carbons (Fsp3) is 0.182. The van der Waals surface area contributed by atoms with Crippen molar-refractivity contribution in [2.75, 3.05) is 7.11 Å². The maximum absolute atomic E-state index is 13.7. The molecule has 6 heteroatoms. The predicted octanol–water partition coefficient (Wildman–Crippen LogP) is 2.27. The SMILES string of the molecule is COc1ccc(F)c(-n2ncc(CO)c2Br)c1. The third kappa shape index (κ3) is 2.18. The van der Waals surface area contributed by atoms with Crippen LogP contribution in [0.2, 0.25) is 0 Å². The van der Waals surface area contributed by atoms with E-state index in [0.717, 1.165) is 0 Å². The van der Waals surface area contributed by atoms with Gasteiger partial charge < -0.3 is 9.84 Å². The summed E-state index contributed by atoms with van der Waals surface area (Å²) in [7, 11) is 1.51. The molecule has 1 aromatic heterocycles. The minimum absolute atomic E-state index is 0.161. The van der Waals surface area contributed by atoms with Gasteiger partial charge in [0, 0.05) is 11.6 Å². The van der Waals surface area contributed by atoms with Crippen LogP contribution in [0, 0.1) is 5.82 Å². The molecule has 0 bridgehead atoms. The standard InChI is InChI=1S/C11H10BrFN2O2/c1-17-8-2-3-9(13)10(4-8)15-11(12)7(6-16)5-14-15/h2-5,16H,6H2,1H3. The van der Waals surface area contributed by atoms with Gasteiger partial charge in [0.1, 0.15) is 21.9 Å². The van der Waals surface area contributed by atoms with E-state index in [-0.39, 0.29) is 12.3 Å². The second kappa shape index (κ2) is 4.85. The fourth-order valence-electron chi connectivity index (χ4n) is 1.42. The number of nitrogens with zero attached hydrogens (tertiary/aromatic N) is 2. The van der Waals surface area contributed by atoms with E-state index in [1.165, 1.54) is 36.2 Å². The van der Waals surface area contributed by atoms with Gasteiger partial charge in [0.05, 0.1) is 19.9 Å². The van der Waals surface area contributed by atoms with Gasteiger partial charge in [0.25, 0.3) is 0 Å². The number of halogens is 2. The molecule has 0 saturated heterocycles. The smallest absolute Gasteiger partial charge is 0.149 e. The Hall–Kier alpha value is -1.40. The number of aliphatic hydroxyl groups excluding tert-OH is 1. The highest BCUT2D eigenvalue weighted by atomic mass is 79.9. The number of hydrogen-bond donors (Lipinski definition) is 1. The number of benzene rings is 1. The molecule has 1 N–H and O–H groups in total. The molecule has 0 fully saturated rings. The van der Waals surface area contributed by atoms with E-state index in [1.54, 1.807) is 0 Å². The molecule has 4 nitrogen and oxygen atoms in total. The minimum atomic E-state index is -0.418. The Bertz CT molecular complexity index is 542. The highest BCUT2D eigenvalue weighted by Gasteiger charge is 2.13. The van der Waals surface area contributed by atoms with Crippen molar-refractivity contribution >= 4 is 15.9 Å². The summed E-state index contributed by atoms with van der Waals surface area (Å²) >= 11 is 3.26. The van der Waals surface area contributed by atoms with Crippen LogP contribution in [-0.4, -0.2) is 22.0 Å². The molecule has 17 heavy (non-hydrogen) atoms. The summed E-state index contributed by atoms with van der Waals surface area (Å²) in [5.41, 5.74) is 0.850. The monoisotopic (exact) mass is 300 g/mol. The van der Waals surface area contributed by atoms with Crippen molar-refractivity contribution < 1.29 is 14.2 Å². The van der Waals surface area contributed by atoms with Crippen molar-refractivity contribution in [2.24, 2.45) is 0 Å². The topological polar surface area (TPSA) is 47.3 Å². The minimum Gasteiger partial charge on any atom is -0.497 e. The summed E-state index contributed by atoms with van der Waals surface area (Å²) in [6, 6.07) is 4.37. The van der Waals surface area contributed by atoms with Gasteiger partial charge in [0.15, 0.2) is 0 Å². The number of ether oxygens (including phenoxy) is 1. The molecular weight excluding hydrogens is 291 g/mol. The maximum Gasteiger partial charge on any atom is 0.149 e. The first-order chi connectivity index (χ1) is 8.17. The van der Waals surface area contributed by atoms with Crippen molar-refractivity contribution in [1.82, 2.24) is 9.78 Å². The molecule has 0 radical (unpaired) electrons. The van der Waals surface area contributed by atoms with Crippen LogP contribution in [0.15, 0.2) is 29.0 Å². The largest absolute Gasteiger partial charge is 0.497 e. The third-order valence-electron chi connectivity index (χ3n) is 2.33. The summed E-state index contributed by atoms with van der Waals surface area (Å²) in [5, 5.41) is 13.1. The van der Waals surface area contributed by atoms with Gasteiger partial charge in [-0.2, -0.15) is 5.10 Å². The van der Waals surface area contributed by atoms with Crippen LogP contribution in [0.1, 0.15) is 5.56 Å². The van der Waals surface area contributed by atoms with Gasteiger partial charge in [-0.05, 0) is 28.1 Å². The van der Waals surface area contributed by atoms with Gasteiger partial charge in [-0.15, -0.1) is 0 Å². The normalized spacial score (nSPS) is 10.6. The van der Waals surface area contributed by atoms with Crippen molar-refractivity contribution in [2.45, 2.75) is 6.61 Å². The molecule has 0 aliphatic carbocycles. The maximum atomic E-state index is 13.7. The van der Waals surface area contributed by atoms with Gasteiger partial charge in [-0.1, -0.05) is 0 Å². The average molecular weight is 301 g/mol. The van der Waals surface area contributed by atoms with Crippen LogP contribution in [0.5, 0.6) is 5.75 Å². The molecule has 0 aliphatic heterocycles. The molecule has 2 rings (SSSR count). The van der Waals surface area contributed by atoms with E-state index < -0.39 is 5.82 Å². The Kier molecular flexibility index (Phi) is 3.44. The number of rotatable bonds is 3. The van der Waals surface area contributed by atoms with Crippen LogP contribution in [0.4, 0.5) is 4.39 Å². The Morgan fingerprint density at radius 2 is 2.29 bits per heavy atom.